The number of methoxy groups -OCH3 is 1. The summed E-state index contributed by atoms with van der Waals surface area (Å²) in [4.78, 5) is 3.10. The molecule has 0 saturated carbocycles. The Bertz CT molecular complexity index is 316. The average molecular weight is 200 g/mol. The Balaban J connectivity index is 2.90. The van der Waals surface area contributed by atoms with Gasteiger partial charge in [-0.05, 0) is 25.6 Å². The van der Waals surface area contributed by atoms with E-state index in [1.807, 2.05) is 13.1 Å². The van der Waals surface area contributed by atoms with Crippen LogP contribution in [0, 0.1) is 11.7 Å². The molecule has 0 fully saturated rings. The molecule has 0 aromatic carbocycles. The molecule has 13 heavy (non-hydrogen) atoms. The summed E-state index contributed by atoms with van der Waals surface area (Å²) < 4.78 is 7.98. The molecule has 1 rings (SSSR count). The zero-order chi connectivity index (χ0) is 9.84. The molecule has 74 valence electrons. The van der Waals surface area contributed by atoms with E-state index < -0.39 is 0 Å². The Morgan fingerprint density at radius 2 is 2.38 bits per heavy atom. The van der Waals surface area contributed by atoms with Crippen LogP contribution in [0.1, 0.15) is 25.1 Å². The van der Waals surface area contributed by atoms with Gasteiger partial charge < -0.3 is 14.3 Å². The first-order valence-electron chi connectivity index (χ1n) is 4.45. The van der Waals surface area contributed by atoms with Crippen LogP contribution in [0.15, 0.2) is 6.20 Å². The SMILES string of the molecule is CCC(COC)n1cc(C)[nH]c1=S. The second-order valence-electron chi connectivity index (χ2n) is 3.17. The molecular formula is C9H16N2OS. The summed E-state index contributed by atoms with van der Waals surface area (Å²) >= 11 is 5.18. The van der Waals surface area contributed by atoms with Crippen molar-refractivity contribution in [2.24, 2.45) is 0 Å². The highest BCUT2D eigenvalue weighted by molar-refractivity contribution is 7.71. The van der Waals surface area contributed by atoms with Gasteiger partial charge in [-0.3, -0.25) is 0 Å². The molecule has 0 amide bonds. The summed E-state index contributed by atoms with van der Waals surface area (Å²) in [6, 6.07) is 0.349. The molecule has 1 atom stereocenters. The zero-order valence-corrected chi connectivity index (χ0v) is 9.15. The molecule has 4 heteroatoms. The van der Waals surface area contributed by atoms with Crippen molar-refractivity contribution in [2.45, 2.75) is 26.3 Å². The Labute approximate surface area is 83.7 Å². The molecular weight excluding hydrogens is 184 g/mol. The first-order valence-corrected chi connectivity index (χ1v) is 4.86. The number of aryl methyl sites for hydroxylation is 1. The molecule has 0 radical (unpaired) electrons. The lowest BCUT2D eigenvalue weighted by Crippen LogP contribution is -2.12. The standard InChI is InChI=1S/C9H16N2OS/c1-4-8(6-12-3)11-5-7(2)10-9(11)13/h5,8H,4,6H2,1-3H3,(H,10,13). The van der Waals surface area contributed by atoms with E-state index in [9.17, 15) is 0 Å². The average Bonchev–Trinajstić information content (AvgIpc) is 2.41. The third kappa shape index (κ3) is 2.42. The third-order valence-electron chi connectivity index (χ3n) is 2.10. The van der Waals surface area contributed by atoms with E-state index in [-0.39, 0.29) is 0 Å². The van der Waals surface area contributed by atoms with Crippen LogP contribution in [-0.4, -0.2) is 23.3 Å². The number of nitrogens with zero attached hydrogens (tertiary/aromatic N) is 1. The number of imidazole rings is 1. The molecule has 0 aliphatic rings. The van der Waals surface area contributed by atoms with Crippen molar-refractivity contribution in [3.63, 3.8) is 0 Å². The van der Waals surface area contributed by atoms with Gasteiger partial charge in [-0.2, -0.15) is 0 Å². The fourth-order valence-electron chi connectivity index (χ4n) is 1.39. The number of nitrogens with one attached hydrogen (secondary N) is 1. The minimum absolute atomic E-state index is 0.349. The van der Waals surface area contributed by atoms with Crippen LogP contribution in [0.3, 0.4) is 0 Å². The molecule has 1 heterocycles. The Hall–Kier alpha value is -0.610. The molecule has 1 aromatic heterocycles. The van der Waals surface area contributed by atoms with Gasteiger partial charge in [0.25, 0.3) is 0 Å². The third-order valence-corrected chi connectivity index (χ3v) is 2.41. The van der Waals surface area contributed by atoms with Crippen molar-refractivity contribution in [3.8, 4) is 0 Å². The minimum atomic E-state index is 0.349. The van der Waals surface area contributed by atoms with E-state index in [2.05, 4.69) is 16.5 Å². The molecule has 1 unspecified atom stereocenters. The summed E-state index contributed by atoms with van der Waals surface area (Å²) in [5.74, 6) is 0. The zero-order valence-electron chi connectivity index (χ0n) is 8.33. The number of ether oxygens (including phenoxy) is 1. The predicted octanol–water partition coefficient (Wildman–Crippen LogP) is 2.45. The van der Waals surface area contributed by atoms with Crippen molar-refractivity contribution in [1.29, 1.82) is 0 Å². The highest BCUT2D eigenvalue weighted by Crippen LogP contribution is 2.13. The lowest BCUT2D eigenvalue weighted by Gasteiger charge is -2.14. The lowest BCUT2D eigenvalue weighted by molar-refractivity contribution is 0.152. The van der Waals surface area contributed by atoms with Crippen molar-refractivity contribution >= 4 is 12.2 Å². The van der Waals surface area contributed by atoms with Gasteiger partial charge in [-0.25, -0.2) is 0 Å². The van der Waals surface area contributed by atoms with Crippen LogP contribution >= 0.6 is 12.2 Å². The summed E-state index contributed by atoms with van der Waals surface area (Å²) in [5.41, 5.74) is 1.10. The van der Waals surface area contributed by atoms with Crippen LogP contribution in [0.25, 0.3) is 0 Å². The van der Waals surface area contributed by atoms with Gasteiger partial charge in [-0.15, -0.1) is 0 Å². The van der Waals surface area contributed by atoms with Gasteiger partial charge in [0.05, 0.1) is 12.6 Å². The maximum Gasteiger partial charge on any atom is 0.177 e. The summed E-state index contributed by atoms with van der Waals surface area (Å²) in [6.07, 6.45) is 3.06. The van der Waals surface area contributed by atoms with E-state index >= 15 is 0 Å². The van der Waals surface area contributed by atoms with Crippen LogP contribution in [0.4, 0.5) is 0 Å². The van der Waals surface area contributed by atoms with Gasteiger partial charge in [-0.1, -0.05) is 6.92 Å². The molecule has 0 saturated heterocycles. The van der Waals surface area contributed by atoms with Crippen LogP contribution < -0.4 is 0 Å². The van der Waals surface area contributed by atoms with E-state index in [1.54, 1.807) is 7.11 Å². The topological polar surface area (TPSA) is 29.9 Å². The van der Waals surface area contributed by atoms with Crippen molar-refractivity contribution in [2.75, 3.05) is 13.7 Å². The monoisotopic (exact) mass is 200 g/mol. The Morgan fingerprint density at radius 1 is 1.69 bits per heavy atom. The molecule has 3 nitrogen and oxygen atoms in total. The summed E-state index contributed by atoms with van der Waals surface area (Å²) in [7, 11) is 1.71. The van der Waals surface area contributed by atoms with Gasteiger partial charge in [0.15, 0.2) is 4.77 Å². The van der Waals surface area contributed by atoms with E-state index in [0.29, 0.717) is 12.6 Å². The van der Waals surface area contributed by atoms with E-state index in [4.69, 9.17) is 17.0 Å². The molecule has 0 aliphatic heterocycles. The Kier molecular flexibility index (Phi) is 3.69. The largest absolute Gasteiger partial charge is 0.383 e. The van der Waals surface area contributed by atoms with Gasteiger partial charge in [0.2, 0.25) is 0 Å². The predicted molar refractivity (Wildman–Crippen MR) is 55.6 cm³/mol. The number of H-pyrrole nitrogens is 1. The maximum absolute atomic E-state index is 5.18. The normalized spacial score (nSPS) is 13.2. The lowest BCUT2D eigenvalue weighted by atomic mass is 10.2. The fourth-order valence-corrected chi connectivity index (χ4v) is 1.75. The Morgan fingerprint density at radius 3 is 2.77 bits per heavy atom. The van der Waals surface area contributed by atoms with E-state index in [0.717, 1.165) is 16.9 Å². The summed E-state index contributed by atoms with van der Waals surface area (Å²) in [5, 5.41) is 0. The fraction of sp³-hybridized carbons (Fsp3) is 0.667. The van der Waals surface area contributed by atoms with Crippen molar-refractivity contribution in [3.05, 3.63) is 16.7 Å². The van der Waals surface area contributed by atoms with Gasteiger partial charge in [0, 0.05) is 19.0 Å². The van der Waals surface area contributed by atoms with Gasteiger partial charge in [0.1, 0.15) is 0 Å². The first-order chi connectivity index (χ1) is 6.19. The first kappa shape index (κ1) is 10.5. The highest BCUT2D eigenvalue weighted by atomic mass is 32.1. The van der Waals surface area contributed by atoms with Crippen LogP contribution in [0.5, 0.6) is 0 Å². The second kappa shape index (κ2) is 4.58. The number of hydrogen-bond donors (Lipinski definition) is 1. The van der Waals surface area contributed by atoms with Crippen LogP contribution in [-0.2, 0) is 4.74 Å². The molecule has 1 N–H and O–H groups in total. The number of hydrogen-bond acceptors (Lipinski definition) is 2. The quantitative estimate of drug-likeness (QED) is 0.757. The smallest absolute Gasteiger partial charge is 0.177 e. The number of rotatable bonds is 4. The maximum atomic E-state index is 5.18. The molecule has 0 bridgehead atoms. The molecule has 0 aliphatic carbocycles. The number of aromatic nitrogens is 2. The van der Waals surface area contributed by atoms with E-state index in [1.165, 1.54) is 0 Å². The van der Waals surface area contributed by atoms with Crippen molar-refractivity contribution < 1.29 is 4.74 Å². The second-order valence-corrected chi connectivity index (χ2v) is 3.55. The summed E-state index contributed by atoms with van der Waals surface area (Å²) in [6.45, 7) is 4.85. The van der Waals surface area contributed by atoms with Crippen molar-refractivity contribution in [1.82, 2.24) is 9.55 Å². The van der Waals surface area contributed by atoms with Crippen LogP contribution in [0.2, 0.25) is 0 Å². The minimum Gasteiger partial charge on any atom is -0.383 e. The number of aromatic amines is 1. The molecule has 1 aromatic rings. The molecule has 0 spiro atoms. The highest BCUT2D eigenvalue weighted by Gasteiger charge is 2.09. The van der Waals surface area contributed by atoms with Gasteiger partial charge >= 0.3 is 0 Å².